The van der Waals surface area contributed by atoms with E-state index in [0.717, 1.165) is 12.1 Å². The van der Waals surface area contributed by atoms with Crippen molar-refractivity contribution in [3.63, 3.8) is 0 Å². The quantitative estimate of drug-likeness (QED) is 0.806. The molecule has 2 aromatic rings. The molecule has 2 heterocycles. The highest BCUT2D eigenvalue weighted by atomic mass is 16.2. The largest absolute Gasteiger partial charge is 0.304 e. The Balaban J connectivity index is 2.09. The van der Waals surface area contributed by atoms with Crippen molar-refractivity contribution in [3.8, 4) is 0 Å². The Morgan fingerprint density at radius 2 is 2.05 bits per heavy atom. The Labute approximate surface area is 124 Å². The summed E-state index contributed by atoms with van der Waals surface area (Å²) in [7, 11) is 0. The molecule has 0 saturated carbocycles. The number of benzene rings is 1. The second kappa shape index (κ2) is 4.95. The minimum Gasteiger partial charge on any atom is -0.304 e. The first-order chi connectivity index (χ1) is 10.0. The Morgan fingerprint density at radius 1 is 1.29 bits per heavy atom. The van der Waals surface area contributed by atoms with Gasteiger partial charge in [-0.15, -0.1) is 0 Å². The van der Waals surface area contributed by atoms with Gasteiger partial charge in [0.15, 0.2) is 0 Å². The number of para-hydroxylation sites is 1. The molecular weight excluding hydrogens is 262 g/mol. The van der Waals surface area contributed by atoms with Gasteiger partial charge in [-0.1, -0.05) is 32.0 Å². The van der Waals surface area contributed by atoms with Crippen molar-refractivity contribution in [2.75, 3.05) is 4.90 Å². The van der Waals surface area contributed by atoms with Crippen molar-refractivity contribution in [1.29, 1.82) is 0 Å². The molecule has 1 atom stereocenters. The minimum atomic E-state index is -0.0847. The zero-order chi connectivity index (χ0) is 15.0. The summed E-state index contributed by atoms with van der Waals surface area (Å²) in [5.74, 6) is -0.0847. The molecule has 0 unspecified atom stereocenters. The summed E-state index contributed by atoms with van der Waals surface area (Å²) in [6, 6.07) is 8.26. The molecule has 4 heteroatoms. The summed E-state index contributed by atoms with van der Waals surface area (Å²) >= 11 is 0. The SMILES string of the molecule is C[C@@H]1CC(C)(C)c2ccccc2N1C(=O)c1cnccn1. The molecule has 0 radical (unpaired) electrons. The number of hydrogen-bond donors (Lipinski definition) is 0. The molecular formula is C17H19N3O. The van der Waals surface area contributed by atoms with Crippen molar-refractivity contribution in [2.45, 2.75) is 38.6 Å². The van der Waals surface area contributed by atoms with Crippen LogP contribution < -0.4 is 4.90 Å². The number of fused-ring (bicyclic) bond motifs is 1. The molecule has 21 heavy (non-hydrogen) atoms. The molecule has 0 N–H and O–H groups in total. The fourth-order valence-electron chi connectivity index (χ4n) is 3.28. The van der Waals surface area contributed by atoms with Gasteiger partial charge in [-0.3, -0.25) is 9.78 Å². The van der Waals surface area contributed by atoms with E-state index in [0.29, 0.717) is 5.69 Å². The van der Waals surface area contributed by atoms with Crippen LogP contribution in [0.2, 0.25) is 0 Å². The van der Waals surface area contributed by atoms with Crippen LogP contribution in [0.15, 0.2) is 42.9 Å². The van der Waals surface area contributed by atoms with Crippen molar-refractivity contribution in [3.05, 3.63) is 54.1 Å². The summed E-state index contributed by atoms with van der Waals surface area (Å²) in [4.78, 5) is 22.8. The second-order valence-corrected chi connectivity index (χ2v) is 6.22. The van der Waals surface area contributed by atoms with E-state index in [2.05, 4.69) is 36.8 Å². The van der Waals surface area contributed by atoms with Crippen LogP contribution in [0.1, 0.15) is 43.2 Å². The lowest BCUT2D eigenvalue weighted by Crippen LogP contribution is -2.47. The van der Waals surface area contributed by atoms with E-state index >= 15 is 0 Å². The van der Waals surface area contributed by atoms with Gasteiger partial charge >= 0.3 is 0 Å². The summed E-state index contributed by atoms with van der Waals surface area (Å²) < 4.78 is 0. The maximum absolute atomic E-state index is 12.8. The van der Waals surface area contributed by atoms with Gasteiger partial charge in [0, 0.05) is 24.1 Å². The molecule has 4 nitrogen and oxygen atoms in total. The van der Waals surface area contributed by atoms with E-state index in [-0.39, 0.29) is 17.4 Å². The van der Waals surface area contributed by atoms with Crippen LogP contribution in [0.25, 0.3) is 0 Å². The number of rotatable bonds is 1. The van der Waals surface area contributed by atoms with E-state index < -0.39 is 0 Å². The van der Waals surface area contributed by atoms with Gasteiger partial charge in [0.05, 0.1) is 6.20 Å². The van der Waals surface area contributed by atoms with Gasteiger partial charge in [0.2, 0.25) is 0 Å². The molecule has 1 aromatic heterocycles. The molecule has 1 aliphatic rings. The Kier molecular flexibility index (Phi) is 3.24. The predicted molar refractivity (Wildman–Crippen MR) is 82.4 cm³/mol. The Bertz CT molecular complexity index is 667. The third-order valence-electron chi connectivity index (χ3n) is 4.14. The maximum atomic E-state index is 12.8. The van der Waals surface area contributed by atoms with Crippen LogP contribution in [0, 0.1) is 0 Å². The number of anilines is 1. The number of carbonyl (C=O) groups excluding carboxylic acids is 1. The fraction of sp³-hybridized carbons (Fsp3) is 0.353. The first kappa shape index (κ1) is 13.7. The van der Waals surface area contributed by atoms with Crippen molar-refractivity contribution >= 4 is 11.6 Å². The minimum absolute atomic E-state index is 0.0646. The lowest BCUT2D eigenvalue weighted by Gasteiger charge is -2.43. The Morgan fingerprint density at radius 3 is 2.76 bits per heavy atom. The van der Waals surface area contributed by atoms with Gasteiger partial charge in [-0.2, -0.15) is 0 Å². The summed E-state index contributed by atoms with van der Waals surface area (Å²) in [5, 5.41) is 0. The van der Waals surface area contributed by atoms with Gasteiger partial charge in [0.25, 0.3) is 5.91 Å². The highest BCUT2D eigenvalue weighted by Crippen LogP contribution is 2.42. The number of hydrogen-bond acceptors (Lipinski definition) is 3. The number of nitrogens with zero attached hydrogens (tertiary/aromatic N) is 3. The lowest BCUT2D eigenvalue weighted by atomic mass is 9.75. The average Bonchev–Trinajstić information content (AvgIpc) is 2.47. The molecule has 0 saturated heterocycles. The normalized spacial score (nSPS) is 20.0. The summed E-state index contributed by atoms with van der Waals surface area (Å²) in [5.41, 5.74) is 2.64. The molecule has 0 spiro atoms. The smallest absolute Gasteiger partial charge is 0.278 e. The molecule has 1 aliphatic heterocycles. The first-order valence-corrected chi connectivity index (χ1v) is 7.20. The van der Waals surface area contributed by atoms with Crippen LogP contribution in [-0.2, 0) is 5.41 Å². The zero-order valence-corrected chi connectivity index (χ0v) is 12.6. The molecule has 1 amide bonds. The van der Waals surface area contributed by atoms with Crippen LogP contribution in [0.5, 0.6) is 0 Å². The average molecular weight is 281 g/mol. The lowest BCUT2D eigenvalue weighted by molar-refractivity contribution is 0.0965. The highest BCUT2D eigenvalue weighted by Gasteiger charge is 2.38. The van der Waals surface area contributed by atoms with E-state index in [1.807, 2.05) is 23.1 Å². The summed E-state index contributed by atoms with van der Waals surface area (Å²) in [6.07, 6.45) is 5.58. The number of carbonyl (C=O) groups is 1. The molecule has 108 valence electrons. The third kappa shape index (κ3) is 2.31. The van der Waals surface area contributed by atoms with Crippen molar-refractivity contribution in [1.82, 2.24) is 9.97 Å². The monoisotopic (exact) mass is 281 g/mol. The van der Waals surface area contributed by atoms with Crippen LogP contribution in [-0.4, -0.2) is 21.9 Å². The van der Waals surface area contributed by atoms with E-state index in [1.165, 1.54) is 11.8 Å². The van der Waals surface area contributed by atoms with E-state index in [4.69, 9.17) is 0 Å². The Hall–Kier alpha value is -2.23. The predicted octanol–water partition coefficient (Wildman–Crippen LogP) is 3.19. The molecule has 0 aliphatic carbocycles. The van der Waals surface area contributed by atoms with Crippen LogP contribution in [0.3, 0.4) is 0 Å². The highest BCUT2D eigenvalue weighted by molar-refractivity contribution is 6.05. The van der Waals surface area contributed by atoms with Gasteiger partial charge in [-0.05, 0) is 30.4 Å². The van der Waals surface area contributed by atoms with Crippen LogP contribution >= 0.6 is 0 Å². The fourth-order valence-corrected chi connectivity index (χ4v) is 3.28. The van der Waals surface area contributed by atoms with Gasteiger partial charge in [-0.25, -0.2) is 4.98 Å². The molecule has 3 rings (SSSR count). The topological polar surface area (TPSA) is 46.1 Å². The summed E-state index contributed by atoms with van der Waals surface area (Å²) in [6.45, 7) is 6.55. The van der Waals surface area contributed by atoms with E-state index in [1.54, 1.807) is 12.4 Å². The number of aromatic nitrogens is 2. The second-order valence-electron chi connectivity index (χ2n) is 6.22. The maximum Gasteiger partial charge on any atom is 0.278 e. The zero-order valence-electron chi connectivity index (χ0n) is 12.6. The number of amides is 1. The van der Waals surface area contributed by atoms with Gasteiger partial charge in [0.1, 0.15) is 5.69 Å². The molecule has 1 aromatic carbocycles. The van der Waals surface area contributed by atoms with Crippen molar-refractivity contribution in [2.24, 2.45) is 0 Å². The van der Waals surface area contributed by atoms with Gasteiger partial charge < -0.3 is 4.90 Å². The first-order valence-electron chi connectivity index (χ1n) is 7.20. The third-order valence-corrected chi connectivity index (χ3v) is 4.14. The standard InChI is InChI=1S/C17H19N3O/c1-12-10-17(2,3)13-6-4-5-7-15(13)20(12)16(21)14-11-18-8-9-19-14/h4-9,11-12H,10H2,1-3H3/t12-/m1/s1. The van der Waals surface area contributed by atoms with Crippen LogP contribution in [0.4, 0.5) is 5.69 Å². The molecule has 0 bridgehead atoms. The molecule has 0 fully saturated rings. The van der Waals surface area contributed by atoms with E-state index in [9.17, 15) is 4.79 Å². The van der Waals surface area contributed by atoms with Crippen molar-refractivity contribution < 1.29 is 4.79 Å².